The van der Waals surface area contributed by atoms with E-state index in [9.17, 15) is 9.59 Å². The molecule has 1 fully saturated rings. The van der Waals surface area contributed by atoms with E-state index in [1.807, 2.05) is 12.1 Å². The molecule has 136 valence electrons. The highest BCUT2D eigenvalue weighted by atomic mass is 35.5. The third-order valence-corrected chi connectivity index (χ3v) is 5.66. The highest BCUT2D eigenvalue weighted by Gasteiger charge is 2.51. The Hall–Kier alpha value is -1.41. The fraction of sp³-hybridized carbons (Fsp3) is 0.375. The molecule has 2 heterocycles. The maximum Gasteiger partial charge on any atom is 0.355 e. The molecule has 0 aliphatic carbocycles. The van der Waals surface area contributed by atoms with Gasteiger partial charge in [-0.15, -0.1) is 35.8 Å². The van der Waals surface area contributed by atoms with Gasteiger partial charge in [-0.2, -0.15) is 0 Å². The van der Waals surface area contributed by atoms with Crippen molar-refractivity contribution in [1.82, 2.24) is 4.90 Å². The van der Waals surface area contributed by atoms with Crippen molar-refractivity contribution in [2.45, 2.75) is 18.0 Å². The Morgan fingerprint density at radius 1 is 1.40 bits per heavy atom. The molecule has 0 radical (unpaired) electrons. The summed E-state index contributed by atoms with van der Waals surface area (Å²) in [6.07, 6.45) is 0. The highest BCUT2D eigenvalue weighted by molar-refractivity contribution is 8.00. The lowest BCUT2D eigenvalue weighted by Gasteiger charge is -2.48. The van der Waals surface area contributed by atoms with Gasteiger partial charge in [0, 0.05) is 11.6 Å². The summed E-state index contributed by atoms with van der Waals surface area (Å²) in [4.78, 5) is 25.9. The van der Waals surface area contributed by atoms with Crippen LogP contribution in [0.3, 0.4) is 0 Å². The third kappa shape index (κ3) is 3.74. The van der Waals surface area contributed by atoms with E-state index in [0.717, 1.165) is 11.3 Å². The van der Waals surface area contributed by atoms with Crippen LogP contribution in [-0.4, -0.2) is 46.9 Å². The normalized spacial score (nSPS) is 21.9. The first kappa shape index (κ1) is 19.9. The van der Waals surface area contributed by atoms with Crippen molar-refractivity contribution in [1.29, 1.82) is 0 Å². The number of hydrogen-bond acceptors (Lipinski definition) is 6. The van der Waals surface area contributed by atoms with Crippen LogP contribution in [0.2, 0.25) is 0 Å². The zero-order valence-electron chi connectivity index (χ0n) is 13.4. The molecule has 2 atom stereocenters. The number of fused-ring (bicyclic) bond motifs is 1. The summed E-state index contributed by atoms with van der Waals surface area (Å²) in [5.41, 5.74) is 7.55. The molecule has 0 bridgehead atoms. The minimum absolute atomic E-state index is 0. The molecule has 1 saturated heterocycles. The Bertz CT molecular complexity index is 696. The number of β-lactam (4-membered cyclic amide) rings is 1. The van der Waals surface area contributed by atoms with Gasteiger partial charge in [-0.05, 0) is 23.3 Å². The average Bonchev–Trinajstić information content (AvgIpc) is 2.64. The number of carbonyl (C=O) groups excluding carboxylic acids is 2. The first-order chi connectivity index (χ1) is 11.6. The van der Waals surface area contributed by atoms with E-state index in [4.69, 9.17) is 26.8 Å². The molecular formula is C16H18Cl2N2O4S. The summed E-state index contributed by atoms with van der Waals surface area (Å²) in [5.74, 6) is 0.646. The molecule has 25 heavy (non-hydrogen) atoms. The van der Waals surface area contributed by atoms with Gasteiger partial charge >= 0.3 is 5.97 Å². The monoisotopic (exact) mass is 404 g/mol. The maximum absolute atomic E-state index is 12.5. The van der Waals surface area contributed by atoms with Crippen LogP contribution >= 0.6 is 35.8 Å². The molecule has 1 aromatic rings. The first-order valence-electron chi connectivity index (χ1n) is 7.35. The number of rotatable bonds is 5. The second-order valence-electron chi connectivity index (χ2n) is 5.45. The number of esters is 1. The van der Waals surface area contributed by atoms with Crippen molar-refractivity contribution in [2.24, 2.45) is 5.73 Å². The van der Waals surface area contributed by atoms with Crippen molar-refractivity contribution in [2.75, 3.05) is 18.7 Å². The van der Waals surface area contributed by atoms with Crippen LogP contribution in [0.4, 0.5) is 0 Å². The predicted molar refractivity (Wildman–Crippen MR) is 98.9 cm³/mol. The van der Waals surface area contributed by atoms with Crippen LogP contribution in [0.15, 0.2) is 35.5 Å². The molecule has 9 heteroatoms. The van der Waals surface area contributed by atoms with Crippen LogP contribution in [0.25, 0.3) is 0 Å². The van der Waals surface area contributed by atoms with E-state index < -0.39 is 12.0 Å². The number of nitrogens with two attached hydrogens (primary N) is 1. The van der Waals surface area contributed by atoms with Gasteiger partial charge in [0.2, 0.25) is 5.91 Å². The van der Waals surface area contributed by atoms with Crippen LogP contribution in [0.1, 0.15) is 5.56 Å². The Labute approximate surface area is 161 Å². The molecule has 2 aliphatic heterocycles. The van der Waals surface area contributed by atoms with Crippen LogP contribution < -0.4 is 10.5 Å². The van der Waals surface area contributed by atoms with Gasteiger partial charge in [0.25, 0.3) is 0 Å². The summed E-state index contributed by atoms with van der Waals surface area (Å²) in [7, 11) is 1.58. The number of benzene rings is 1. The third-order valence-electron chi connectivity index (χ3n) is 3.97. The minimum Gasteiger partial charge on any atom is -0.497 e. The standard InChI is InChI=1S/C16H17ClN2O4S.ClH/c1-22-11-4-2-9(3-5-11)7-23-16(21)13-10(6-17)8-24-15-12(18)14(20)19(13)15;/h2-5,12,15H,6-8,18H2,1H3;1H/t12-,15?;/m1./s1. The fourth-order valence-corrected chi connectivity index (χ4v) is 4.24. The van der Waals surface area contributed by atoms with E-state index in [2.05, 4.69) is 0 Å². The summed E-state index contributed by atoms with van der Waals surface area (Å²) in [6.45, 7) is 0.105. The number of thioether (sulfide) groups is 1. The number of carbonyl (C=O) groups is 2. The Morgan fingerprint density at radius 2 is 2.08 bits per heavy atom. The molecule has 3 rings (SSSR count). The number of ether oxygens (including phenoxy) is 2. The van der Waals surface area contributed by atoms with E-state index >= 15 is 0 Å². The molecule has 0 saturated carbocycles. The summed E-state index contributed by atoms with van der Waals surface area (Å²) in [5, 5.41) is -0.215. The van der Waals surface area contributed by atoms with Crippen molar-refractivity contribution in [3.63, 3.8) is 0 Å². The van der Waals surface area contributed by atoms with Crippen LogP contribution in [0, 0.1) is 0 Å². The highest BCUT2D eigenvalue weighted by Crippen LogP contribution is 2.40. The lowest BCUT2D eigenvalue weighted by molar-refractivity contribution is -0.151. The lowest BCUT2D eigenvalue weighted by atomic mass is 10.0. The Kier molecular flexibility index (Phi) is 6.62. The van der Waals surface area contributed by atoms with Crippen molar-refractivity contribution in [3.8, 4) is 5.75 Å². The number of alkyl halides is 1. The largest absolute Gasteiger partial charge is 0.497 e. The number of methoxy groups -OCH3 is 1. The number of halogens is 2. The predicted octanol–water partition coefficient (Wildman–Crippen LogP) is 1.90. The zero-order chi connectivity index (χ0) is 17.3. The van der Waals surface area contributed by atoms with Gasteiger partial charge < -0.3 is 15.2 Å². The Balaban J connectivity index is 0.00000225. The summed E-state index contributed by atoms with van der Waals surface area (Å²) >= 11 is 7.44. The summed E-state index contributed by atoms with van der Waals surface area (Å²) in [6, 6.07) is 6.63. The Morgan fingerprint density at radius 3 is 2.68 bits per heavy atom. The van der Waals surface area contributed by atoms with Gasteiger partial charge in [-0.3, -0.25) is 9.69 Å². The van der Waals surface area contributed by atoms with Gasteiger partial charge in [0.1, 0.15) is 29.5 Å². The number of nitrogens with zero attached hydrogens (tertiary/aromatic N) is 1. The molecule has 6 nitrogen and oxygen atoms in total. The topological polar surface area (TPSA) is 81.9 Å². The fourth-order valence-electron chi connectivity index (χ4n) is 2.61. The van der Waals surface area contributed by atoms with Gasteiger partial charge in [-0.25, -0.2) is 4.79 Å². The molecule has 2 aliphatic rings. The quantitative estimate of drug-likeness (QED) is 0.458. The second kappa shape index (κ2) is 8.31. The number of hydrogen-bond donors (Lipinski definition) is 1. The summed E-state index contributed by atoms with van der Waals surface area (Å²) < 4.78 is 10.5. The van der Waals surface area contributed by atoms with E-state index in [1.54, 1.807) is 19.2 Å². The molecule has 1 unspecified atom stereocenters. The number of amides is 1. The zero-order valence-corrected chi connectivity index (χ0v) is 15.8. The molecule has 0 spiro atoms. The molecule has 1 aromatic carbocycles. The van der Waals surface area contributed by atoms with Crippen molar-refractivity contribution in [3.05, 3.63) is 41.1 Å². The van der Waals surface area contributed by atoms with E-state index in [0.29, 0.717) is 11.3 Å². The first-order valence-corrected chi connectivity index (χ1v) is 8.93. The lowest BCUT2D eigenvalue weighted by Crippen LogP contribution is -2.68. The van der Waals surface area contributed by atoms with Crippen LogP contribution in [-0.2, 0) is 20.9 Å². The smallest absolute Gasteiger partial charge is 0.355 e. The molecule has 2 N–H and O–H groups in total. The van der Waals surface area contributed by atoms with Crippen LogP contribution in [0.5, 0.6) is 5.75 Å². The second-order valence-corrected chi connectivity index (χ2v) is 6.82. The molecule has 0 aromatic heterocycles. The minimum atomic E-state index is -0.573. The molecule has 1 amide bonds. The van der Waals surface area contributed by atoms with Gasteiger partial charge in [0.05, 0.1) is 7.11 Å². The van der Waals surface area contributed by atoms with Crippen molar-refractivity contribution >= 4 is 47.6 Å². The van der Waals surface area contributed by atoms with Gasteiger partial charge in [-0.1, -0.05) is 12.1 Å². The van der Waals surface area contributed by atoms with Gasteiger partial charge in [0.15, 0.2) is 0 Å². The average molecular weight is 405 g/mol. The maximum atomic E-state index is 12.5. The molecular weight excluding hydrogens is 387 g/mol. The van der Waals surface area contributed by atoms with Crippen molar-refractivity contribution < 1.29 is 19.1 Å². The SMILES string of the molecule is COc1ccc(COC(=O)C2=C(CCl)CSC3[C@H](N)C(=O)N23)cc1.Cl. The van der Waals surface area contributed by atoms with E-state index in [1.165, 1.54) is 16.7 Å². The van der Waals surface area contributed by atoms with E-state index in [-0.39, 0.29) is 41.9 Å².